The van der Waals surface area contributed by atoms with E-state index in [-0.39, 0.29) is 5.91 Å². The third kappa shape index (κ3) is 3.18. The van der Waals surface area contributed by atoms with E-state index in [4.69, 9.17) is 0 Å². The summed E-state index contributed by atoms with van der Waals surface area (Å²) in [7, 11) is 0. The lowest BCUT2D eigenvalue weighted by atomic mass is 9.99. The number of anilines is 2. The molecule has 1 aromatic carbocycles. The maximum absolute atomic E-state index is 13.1. The number of amides is 1. The van der Waals surface area contributed by atoms with E-state index in [1.165, 1.54) is 12.0 Å². The smallest absolute Gasteiger partial charge is 0.272 e. The van der Waals surface area contributed by atoms with Crippen molar-refractivity contribution in [3.05, 3.63) is 47.8 Å². The fraction of sp³-hybridized carbons (Fsp3) is 0.476. The molecule has 4 rings (SSSR count). The Kier molecular flexibility index (Phi) is 4.87. The normalized spacial score (nSPS) is 20.0. The van der Waals surface area contributed by atoms with Crippen LogP contribution in [0.4, 0.5) is 11.6 Å². The molecule has 26 heavy (non-hydrogen) atoms. The van der Waals surface area contributed by atoms with Crippen molar-refractivity contribution in [2.75, 3.05) is 18.0 Å². The Morgan fingerprint density at radius 2 is 2.04 bits per heavy atom. The zero-order chi connectivity index (χ0) is 17.9. The van der Waals surface area contributed by atoms with Crippen molar-refractivity contribution in [1.82, 2.24) is 14.9 Å². The van der Waals surface area contributed by atoms with E-state index in [0.717, 1.165) is 50.9 Å². The van der Waals surface area contributed by atoms with Gasteiger partial charge >= 0.3 is 0 Å². The minimum absolute atomic E-state index is 0.0468. The lowest BCUT2D eigenvalue weighted by Crippen LogP contribution is -2.43. The Morgan fingerprint density at radius 1 is 1.15 bits per heavy atom. The van der Waals surface area contributed by atoms with Gasteiger partial charge in [0, 0.05) is 31.0 Å². The van der Waals surface area contributed by atoms with E-state index in [1.54, 1.807) is 12.3 Å². The summed E-state index contributed by atoms with van der Waals surface area (Å²) >= 11 is 0. The van der Waals surface area contributed by atoms with Crippen LogP contribution in [0.5, 0.6) is 0 Å². The predicted molar refractivity (Wildman–Crippen MR) is 103 cm³/mol. The van der Waals surface area contributed by atoms with E-state index < -0.39 is 0 Å². The van der Waals surface area contributed by atoms with Gasteiger partial charge in [0.1, 0.15) is 5.69 Å². The van der Waals surface area contributed by atoms with Crippen molar-refractivity contribution in [3.63, 3.8) is 0 Å². The molecule has 0 spiro atoms. The fourth-order valence-electron chi connectivity index (χ4n) is 4.18. The van der Waals surface area contributed by atoms with Crippen LogP contribution in [0.15, 0.2) is 36.5 Å². The largest absolute Gasteiger partial charge is 0.334 e. The highest BCUT2D eigenvalue weighted by molar-refractivity contribution is 5.93. The Labute approximate surface area is 155 Å². The molecule has 5 heteroatoms. The number of aryl methyl sites for hydroxylation is 1. The summed E-state index contributed by atoms with van der Waals surface area (Å²) in [6.07, 6.45) is 8.27. The summed E-state index contributed by atoms with van der Waals surface area (Å²) in [5.74, 6) is 0.679. The van der Waals surface area contributed by atoms with Gasteiger partial charge in [-0.2, -0.15) is 0 Å². The quantitative estimate of drug-likeness (QED) is 0.840. The second kappa shape index (κ2) is 7.44. The number of aromatic nitrogens is 2. The minimum Gasteiger partial charge on any atom is -0.334 e. The molecule has 2 aliphatic heterocycles. The third-order valence-corrected chi connectivity index (χ3v) is 5.57. The molecule has 1 fully saturated rings. The predicted octanol–water partition coefficient (Wildman–Crippen LogP) is 3.97. The molecule has 1 aromatic heterocycles. The molecule has 5 nitrogen and oxygen atoms in total. The highest BCUT2D eigenvalue weighted by Crippen LogP contribution is 2.31. The zero-order valence-corrected chi connectivity index (χ0v) is 15.4. The summed E-state index contributed by atoms with van der Waals surface area (Å²) in [5.41, 5.74) is 2.99. The van der Waals surface area contributed by atoms with Crippen LogP contribution in [0, 0.1) is 0 Å². The maximum atomic E-state index is 13.1. The third-order valence-electron chi connectivity index (χ3n) is 5.57. The Morgan fingerprint density at radius 3 is 2.92 bits per heavy atom. The highest BCUT2D eigenvalue weighted by Gasteiger charge is 2.28. The molecule has 136 valence electrons. The number of likely N-dealkylation sites (tertiary alicyclic amines) is 1. The minimum atomic E-state index is 0.0468. The molecule has 0 aliphatic carbocycles. The number of hydrogen-bond donors (Lipinski definition) is 0. The molecule has 0 saturated carbocycles. The molecular weight excluding hydrogens is 324 g/mol. The zero-order valence-electron chi connectivity index (χ0n) is 15.4. The van der Waals surface area contributed by atoms with Gasteiger partial charge in [0.25, 0.3) is 5.91 Å². The molecule has 1 saturated heterocycles. The van der Waals surface area contributed by atoms with Crippen LogP contribution in [0.2, 0.25) is 0 Å². The Hall–Kier alpha value is -2.43. The van der Waals surface area contributed by atoms with Crippen molar-refractivity contribution < 1.29 is 4.79 Å². The van der Waals surface area contributed by atoms with E-state index in [0.29, 0.717) is 17.7 Å². The van der Waals surface area contributed by atoms with Gasteiger partial charge in [-0.05, 0) is 56.2 Å². The van der Waals surface area contributed by atoms with Crippen LogP contribution in [0.3, 0.4) is 0 Å². The molecular formula is C21H26N4O. The molecule has 0 bridgehead atoms. The summed E-state index contributed by atoms with van der Waals surface area (Å²) in [6.45, 7) is 3.88. The van der Waals surface area contributed by atoms with Crippen LogP contribution in [-0.4, -0.2) is 39.9 Å². The topological polar surface area (TPSA) is 49.3 Å². The van der Waals surface area contributed by atoms with E-state index >= 15 is 0 Å². The molecule has 2 aliphatic rings. The lowest BCUT2D eigenvalue weighted by Gasteiger charge is -2.35. The van der Waals surface area contributed by atoms with Gasteiger partial charge < -0.3 is 9.80 Å². The number of fused-ring (bicyclic) bond motifs is 1. The van der Waals surface area contributed by atoms with Crippen LogP contribution >= 0.6 is 0 Å². The number of carbonyl (C=O) groups is 1. The first-order valence-corrected chi connectivity index (χ1v) is 9.77. The first-order chi connectivity index (χ1) is 12.8. The number of rotatable bonds is 3. The average molecular weight is 350 g/mol. The van der Waals surface area contributed by atoms with Crippen molar-refractivity contribution in [2.24, 2.45) is 0 Å². The van der Waals surface area contributed by atoms with Crippen molar-refractivity contribution in [3.8, 4) is 0 Å². The van der Waals surface area contributed by atoms with Gasteiger partial charge in [-0.15, -0.1) is 0 Å². The van der Waals surface area contributed by atoms with Crippen molar-refractivity contribution in [1.29, 1.82) is 0 Å². The molecule has 0 radical (unpaired) electrons. The van der Waals surface area contributed by atoms with E-state index in [9.17, 15) is 4.79 Å². The van der Waals surface area contributed by atoms with Gasteiger partial charge in [-0.25, -0.2) is 9.97 Å². The van der Waals surface area contributed by atoms with Crippen LogP contribution < -0.4 is 4.90 Å². The second-order valence-electron chi connectivity index (χ2n) is 7.18. The number of nitrogens with zero attached hydrogens (tertiary/aromatic N) is 4. The van der Waals surface area contributed by atoms with Crippen molar-refractivity contribution >= 4 is 17.5 Å². The van der Waals surface area contributed by atoms with Crippen LogP contribution in [0.1, 0.15) is 55.1 Å². The molecule has 1 unspecified atom stereocenters. The molecule has 1 atom stereocenters. The lowest BCUT2D eigenvalue weighted by molar-refractivity contribution is 0.0602. The Balaban J connectivity index is 1.62. The number of piperidine rings is 1. The second-order valence-corrected chi connectivity index (χ2v) is 7.18. The fourth-order valence-corrected chi connectivity index (χ4v) is 4.18. The molecule has 2 aromatic rings. The van der Waals surface area contributed by atoms with Gasteiger partial charge in [0.15, 0.2) is 0 Å². The van der Waals surface area contributed by atoms with E-state index in [2.05, 4.69) is 40.0 Å². The SMILES string of the molecule is CCC1CCCCN1C(=O)c1ccnc(N2CCCc3ccccc32)n1. The number of benzene rings is 1. The van der Waals surface area contributed by atoms with Crippen LogP contribution in [0.25, 0.3) is 0 Å². The van der Waals surface area contributed by atoms with Crippen LogP contribution in [-0.2, 0) is 6.42 Å². The standard InChI is InChI=1S/C21H26N4O/c1-2-17-10-5-6-14-24(17)20(26)18-12-13-22-21(23-18)25-15-7-9-16-8-3-4-11-19(16)25/h3-4,8,11-13,17H,2,5-7,9-10,14-15H2,1H3. The number of hydrogen-bond acceptors (Lipinski definition) is 4. The summed E-state index contributed by atoms with van der Waals surface area (Å²) in [5, 5.41) is 0. The summed E-state index contributed by atoms with van der Waals surface area (Å²) in [4.78, 5) is 26.4. The first kappa shape index (κ1) is 17.0. The monoisotopic (exact) mass is 350 g/mol. The first-order valence-electron chi connectivity index (χ1n) is 9.77. The summed E-state index contributed by atoms with van der Waals surface area (Å²) in [6, 6.07) is 10.5. The van der Waals surface area contributed by atoms with Gasteiger partial charge in [-0.1, -0.05) is 25.1 Å². The molecule has 1 amide bonds. The van der Waals surface area contributed by atoms with E-state index in [1.807, 2.05) is 11.0 Å². The number of carbonyl (C=O) groups excluding carboxylic acids is 1. The Bertz CT molecular complexity index is 791. The molecule has 3 heterocycles. The van der Waals surface area contributed by atoms with Gasteiger partial charge in [0.2, 0.25) is 5.95 Å². The summed E-state index contributed by atoms with van der Waals surface area (Å²) < 4.78 is 0. The van der Waals surface area contributed by atoms with Crippen molar-refractivity contribution in [2.45, 2.75) is 51.5 Å². The molecule has 0 N–H and O–H groups in total. The highest BCUT2D eigenvalue weighted by atomic mass is 16.2. The maximum Gasteiger partial charge on any atom is 0.272 e. The van der Waals surface area contributed by atoms with Gasteiger partial charge in [-0.3, -0.25) is 4.79 Å². The number of para-hydroxylation sites is 1. The van der Waals surface area contributed by atoms with Gasteiger partial charge in [0.05, 0.1) is 0 Å². The average Bonchev–Trinajstić information content (AvgIpc) is 2.73.